The Morgan fingerprint density at radius 1 is 1.11 bits per heavy atom. The molecule has 0 atom stereocenters. The summed E-state index contributed by atoms with van der Waals surface area (Å²) in [6, 6.07) is 12.7. The molecule has 3 nitrogen and oxygen atoms in total. The van der Waals surface area contributed by atoms with Crippen LogP contribution in [0.2, 0.25) is 0 Å². The van der Waals surface area contributed by atoms with E-state index in [1.54, 1.807) is 25.3 Å². The van der Waals surface area contributed by atoms with Gasteiger partial charge in [-0.3, -0.25) is 0 Å². The van der Waals surface area contributed by atoms with Gasteiger partial charge < -0.3 is 9.84 Å². The van der Waals surface area contributed by atoms with Crippen molar-refractivity contribution in [2.24, 2.45) is 0 Å². The lowest BCUT2D eigenvalue weighted by atomic mass is 9.98. The molecule has 92 valence electrons. The van der Waals surface area contributed by atoms with Crippen LogP contribution in [0, 0.1) is 6.92 Å². The van der Waals surface area contributed by atoms with Crippen LogP contribution in [-0.2, 0) is 0 Å². The maximum Gasteiger partial charge on any atom is 0.336 e. The smallest absolute Gasteiger partial charge is 0.336 e. The molecule has 0 saturated carbocycles. The summed E-state index contributed by atoms with van der Waals surface area (Å²) in [4.78, 5) is 11.3. The number of aromatic carboxylic acids is 1. The minimum atomic E-state index is -0.954. The summed E-state index contributed by atoms with van der Waals surface area (Å²) in [6.45, 7) is 1.99. The molecular formula is C15H14O3. The van der Waals surface area contributed by atoms with Crippen LogP contribution in [0.1, 0.15) is 15.9 Å². The fraction of sp³-hybridized carbons (Fsp3) is 0.133. The third-order valence-corrected chi connectivity index (χ3v) is 2.82. The zero-order valence-corrected chi connectivity index (χ0v) is 10.3. The van der Waals surface area contributed by atoms with Gasteiger partial charge in [0, 0.05) is 5.56 Å². The second-order valence-corrected chi connectivity index (χ2v) is 4.05. The fourth-order valence-corrected chi connectivity index (χ4v) is 1.90. The lowest BCUT2D eigenvalue weighted by Crippen LogP contribution is -2.01. The number of benzene rings is 2. The number of carboxylic acids is 1. The molecule has 2 rings (SSSR count). The van der Waals surface area contributed by atoms with Gasteiger partial charge in [-0.15, -0.1) is 0 Å². The molecule has 2 aromatic rings. The van der Waals surface area contributed by atoms with Gasteiger partial charge in [0.2, 0.25) is 0 Å². The monoisotopic (exact) mass is 242 g/mol. The van der Waals surface area contributed by atoms with Crippen LogP contribution in [-0.4, -0.2) is 18.2 Å². The van der Waals surface area contributed by atoms with E-state index in [2.05, 4.69) is 0 Å². The van der Waals surface area contributed by atoms with E-state index in [1.807, 2.05) is 31.2 Å². The van der Waals surface area contributed by atoms with Gasteiger partial charge in [-0.1, -0.05) is 35.9 Å². The minimum Gasteiger partial charge on any atom is -0.496 e. The van der Waals surface area contributed by atoms with Crippen LogP contribution in [0.15, 0.2) is 42.5 Å². The molecule has 18 heavy (non-hydrogen) atoms. The first-order valence-corrected chi connectivity index (χ1v) is 5.61. The molecule has 0 spiro atoms. The van der Waals surface area contributed by atoms with Crippen molar-refractivity contribution in [3.05, 3.63) is 53.6 Å². The predicted octanol–water partition coefficient (Wildman–Crippen LogP) is 3.37. The summed E-state index contributed by atoms with van der Waals surface area (Å²) in [7, 11) is 1.54. The van der Waals surface area contributed by atoms with Gasteiger partial charge in [-0.2, -0.15) is 0 Å². The van der Waals surface area contributed by atoms with E-state index in [9.17, 15) is 9.90 Å². The molecule has 0 heterocycles. The van der Waals surface area contributed by atoms with Crippen molar-refractivity contribution in [3.8, 4) is 16.9 Å². The number of aryl methyl sites for hydroxylation is 1. The first-order chi connectivity index (χ1) is 8.63. The molecule has 0 aliphatic rings. The van der Waals surface area contributed by atoms with Gasteiger partial charge in [0.1, 0.15) is 5.75 Å². The normalized spacial score (nSPS) is 10.1. The Morgan fingerprint density at radius 3 is 2.33 bits per heavy atom. The summed E-state index contributed by atoms with van der Waals surface area (Å²) in [6.07, 6.45) is 0. The van der Waals surface area contributed by atoms with E-state index in [1.165, 1.54) is 0 Å². The van der Waals surface area contributed by atoms with E-state index >= 15 is 0 Å². The van der Waals surface area contributed by atoms with Gasteiger partial charge >= 0.3 is 5.97 Å². The lowest BCUT2D eigenvalue weighted by Gasteiger charge is -2.11. The van der Waals surface area contributed by atoms with Gasteiger partial charge in [-0.05, 0) is 24.6 Å². The van der Waals surface area contributed by atoms with E-state index in [0.717, 1.165) is 11.1 Å². The highest BCUT2D eigenvalue weighted by Gasteiger charge is 2.15. The second-order valence-electron chi connectivity index (χ2n) is 4.05. The molecule has 0 aromatic heterocycles. The standard InChI is InChI=1S/C15H14O3/c1-10-6-8-11(9-7-10)14-12(15(16)17)4-3-5-13(14)18-2/h3-9H,1-2H3,(H,16,17). The van der Waals surface area contributed by atoms with E-state index in [-0.39, 0.29) is 5.56 Å². The van der Waals surface area contributed by atoms with Crippen LogP contribution in [0.4, 0.5) is 0 Å². The lowest BCUT2D eigenvalue weighted by molar-refractivity contribution is 0.0697. The summed E-state index contributed by atoms with van der Waals surface area (Å²) >= 11 is 0. The maximum atomic E-state index is 11.3. The largest absolute Gasteiger partial charge is 0.496 e. The highest BCUT2D eigenvalue weighted by molar-refractivity contribution is 5.98. The molecule has 0 fully saturated rings. The van der Waals surface area contributed by atoms with Crippen molar-refractivity contribution in [3.63, 3.8) is 0 Å². The highest BCUT2D eigenvalue weighted by Crippen LogP contribution is 2.33. The van der Waals surface area contributed by atoms with Crippen molar-refractivity contribution in [2.75, 3.05) is 7.11 Å². The number of carbonyl (C=O) groups is 1. The van der Waals surface area contributed by atoms with Crippen LogP contribution >= 0.6 is 0 Å². The molecular weight excluding hydrogens is 228 g/mol. The molecule has 0 amide bonds. The number of hydrogen-bond donors (Lipinski definition) is 1. The maximum absolute atomic E-state index is 11.3. The summed E-state index contributed by atoms with van der Waals surface area (Å²) < 4.78 is 5.26. The molecule has 2 aromatic carbocycles. The SMILES string of the molecule is COc1cccc(C(=O)O)c1-c1ccc(C)cc1. The van der Waals surface area contributed by atoms with Crippen LogP contribution < -0.4 is 4.74 Å². The van der Waals surface area contributed by atoms with E-state index in [4.69, 9.17) is 4.74 Å². The Morgan fingerprint density at radius 2 is 1.78 bits per heavy atom. The predicted molar refractivity (Wildman–Crippen MR) is 70.1 cm³/mol. The fourth-order valence-electron chi connectivity index (χ4n) is 1.90. The van der Waals surface area contributed by atoms with Crippen molar-refractivity contribution in [2.45, 2.75) is 6.92 Å². The van der Waals surface area contributed by atoms with E-state index < -0.39 is 5.97 Å². The second kappa shape index (κ2) is 4.92. The van der Waals surface area contributed by atoms with Gasteiger partial charge in [-0.25, -0.2) is 4.79 Å². The number of hydrogen-bond acceptors (Lipinski definition) is 2. The summed E-state index contributed by atoms with van der Waals surface area (Å²) in [5, 5.41) is 9.25. The number of rotatable bonds is 3. The van der Waals surface area contributed by atoms with Crippen molar-refractivity contribution in [1.82, 2.24) is 0 Å². The van der Waals surface area contributed by atoms with E-state index in [0.29, 0.717) is 11.3 Å². The van der Waals surface area contributed by atoms with Gasteiger partial charge in [0.05, 0.1) is 12.7 Å². The van der Waals surface area contributed by atoms with Gasteiger partial charge in [0.15, 0.2) is 0 Å². The molecule has 3 heteroatoms. The zero-order valence-electron chi connectivity index (χ0n) is 10.3. The quantitative estimate of drug-likeness (QED) is 0.897. The summed E-state index contributed by atoms with van der Waals surface area (Å²) in [5.41, 5.74) is 2.84. The Hall–Kier alpha value is -2.29. The first-order valence-electron chi connectivity index (χ1n) is 5.61. The van der Waals surface area contributed by atoms with Crippen molar-refractivity contribution >= 4 is 5.97 Å². The first kappa shape index (κ1) is 12.2. The average molecular weight is 242 g/mol. The Bertz CT molecular complexity index is 571. The van der Waals surface area contributed by atoms with Crippen LogP contribution in [0.3, 0.4) is 0 Å². The Labute approximate surface area is 106 Å². The van der Waals surface area contributed by atoms with Crippen molar-refractivity contribution < 1.29 is 14.6 Å². The zero-order chi connectivity index (χ0) is 13.1. The molecule has 0 aliphatic heterocycles. The Kier molecular flexibility index (Phi) is 3.33. The molecule has 0 bridgehead atoms. The molecule has 0 saturated heterocycles. The molecule has 0 radical (unpaired) electrons. The molecule has 0 aliphatic carbocycles. The number of methoxy groups -OCH3 is 1. The van der Waals surface area contributed by atoms with Crippen LogP contribution in [0.5, 0.6) is 5.75 Å². The van der Waals surface area contributed by atoms with Crippen LogP contribution in [0.25, 0.3) is 11.1 Å². The number of carboxylic acid groups (broad SMARTS) is 1. The number of ether oxygens (including phenoxy) is 1. The molecule has 1 N–H and O–H groups in total. The summed E-state index contributed by atoms with van der Waals surface area (Å²) in [5.74, 6) is -0.386. The third-order valence-electron chi connectivity index (χ3n) is 2.82. The third kappa shape index (κ3) is 2.20. The Balaban J connectivity index is 2.67. The van der Waals surface area contributed by atoms with Crippen molar-refractivity contribution in [1.29, 1.82) is 0 Å². The van der Waals surface area contributed by atoms with Gasteiger partial charge in [0.25, 0.3) is 0 Å². The molecule has 0 unspecified atom stereocenters. The average Bonchev–Trinajstić information content (AvgIpc) is 2.38. The highest BCUT2D eigenvalue weighted by atomic mass is 16.5. The topological polar surface area (TPSA) is 46.5 Å². The minimum absolute atomic E-state index is 0.248.